The van der Waals surface area contributed by atoms with E-state index in [1.54, 1.807) is 6.07 Å². The average Bonchev–Trinajstić information content (AvgIpc) is 2.27. The number of benzene rings is 1. The second-order valence-electron chi connectivity index (χ2n) is 4.96. The lowest BCUT2D eigenvalue weighted by atomic mass is 10.0. The summed E-state index contributed by atoms with van der Waals surface area (Å²) in [6.45, 7) is 5.98. The normalized spacial score (nSPS) is 11.0. The van der Waals surface area contributed by atoms with Gasteiger partial charge in [0.15, 0.2) is 0 Å². The molecule has 0 radical (unpaired) electrons. The Morgan fingerprint density at radius 3 is 2.67 bits per heavy atom. The number of nitrogens with zero attached hydrogens (tertiary/aromatic N) is 1. The summed E-state index contributed by atoms with van der Waals surface area (Å²) in [5.74, 6) is 0.207. The highest BCUT2D eigenvalue weighted by Crippen LogP contribution is 2.19. The maximum atomic E-state index is 11.7. The zero-order valence-electron chi connectivity index (χ0n) is 11.6. The first-order valence-electron chi connectivity index (χ1n) is 6.10. The zero-order valence-corrected chi connectivity index (χ0v) is 11.6. The van der Waals surface area contributed by atoms with Gasteiger partial charge in [-0.2, -0.15) is 0 Å². The van der Waals surface area contributed by atoms with Gasteiger partial charge in [-0.05, 0) is 24.6 Å². The molecule has 0 aliphatic carbocycles. The molecule has 1 aromatic carbocycles. The van der Waals surface area contributed by atoms with E-state index in [-0.39, 0.29) is 5.97 Å². The number of carbonyl (C=O) groups excluding carboxylic acids is 1. The number of nitrogen functional groups attached to an aromatic ring is 1. The van der Waals surface area contributed by atoms with Crippen molar-refractivity contribution in [3.8, 4) is 0 Å². The predicted octanol–water partition coefficient (Wildman–Crippen LogP) is 2.14. The summed E-state index contributed by atoms with van der Waals surface area (Å²) in [4.78, 5) is 13.9. The maximum absolute atomic E-state index is 11.7. The van der Waals surface area contributed by atoms with Crippen LogP contribution in [-0.4, -0.2) is 31.6 Å². The number of ether oxygens (including phenoxy) is 1. The van der Waals surface area contributed by atoms with E-state index in [4.69, 9.17) is 10.5 Å². The number of nitrogens with two attached hydrogens (primary N) is 1. The van der Waals surface area contributed by atoms with E-state index >= 15 is 0 Å². The van der Waals surface area contributed by atoms with Crippen molar-refractivity contribution in [3.05, 3.63) is 29.3 Å². The summed E-state index contributed by atoms with van der Waals surface area (Å²) >= 11 is 0. The highest BCUT2D eigenvalue weighted by molar-refractivity contribution is 5.96. The molecule has 0 saturated heterocycles. The van der Waals surface area contributed by atoms with Crippen LogP contribution in [0.25, 0.3) is 0 Å². The number of carbonyl (C=O) groups is 1. The molecule has 0 heterocycles. The van der Waals surface area contributed by atoms with Crippen molar-refractivity contribution in [1.29, 1.82) is 0 Å². The van der Waals surface area contributed by atoms with Crippen LogP contribution in [0.15, 0.2) is 18.2 Å². The van der Waals surface area contributed by atoms with Gasteiger partial charge in [-0.1, -0.05) is 26.0 Å². The minimum absolute atomic E-state index is 0.374. The molecule has 4 nitrogen and oxygen atoms in total. The van der Waals surface area contributed by atoms with Crippen molar-refractivity contribution in [2.24, 2.45) is 5.92 Å². The highest BCUT2D eigenvalue weighted by atomic mass is 16.5. The Hall–Kier alpha value is -1.55. The van der Waals surface area contributed by atoms with Gasteiger partial charge in [-0.3, -0.25) is 0 Å². The van der Waals surface area contributed by atoms with E-state index in [1.165, 1.54) is 7.11 Å². The smallest absolute Gasteiger partial charge is 0.340 e. The lowest BCUT2D eigenvalue weighted by molar-refractivity contribution is 0.0599. The van der Waals surface area contributed by atoms with Gasteiger partial charge in [0, 0.05) is 18.8 Å². The van der Waals surface area contributed by atoms with Gasteiger partial charge in [-0.15, -0.1) is 0 Å². The van der Waals surface area contributed by atoms with Gasteiger partial charge in [0.2, 0.25) is 0 Å². The zero-order chi connectivity index (χ0) is 13.7. The molecule has 1 rings (SSSR count). The van der Waals surface area contributed by atoms with Crippen molar-refractivity contribution >= 4 is 11.7 Å². The van der Waals surface area contributed by atoms with Crippen molar-refractivity contribution in [2.75, 3.05) is 26.4 Å². The fourth-order valence-electron chi connectivity index (χ4n) is 2.08. The lowest BCUT2D eigenvalue weighted by Crippen LogP contribution is -2.24. The molecular weight excluding hydrogens is 228 g/mol. The standard InChI is InChI=1S/C14H22N2O2/c1-10(2)8-16(3)9-11-6-5-7-12(15)13(11)14(17)18-4/h5-7,10H,8-9,15H2,1-4H3. The SMILES string of the molecule is COC(=O)c1c(N)cccc1CN(C)CC(C)C. The van der Waals surface area contributed by atoms with Crippen LogP contribution < -0.4 is 5.73 Å². The molecule has 0 aliphatic rings. The predicted molar refractivity (Wildman–Crippen MR) is 73.4 cm³/mol. The molecule has 1 aromatic rings. The van der Waals surface area contributed by atoms with Gasteiger partial charge in [0.05, 0.1) is 12.7 Å². The topological polar surface area (TPSA) is 55.6 Å². The fraction of sp³-hybridized carbons (Fsp3) is 0.500. The summed E-state index contributed by atoms with van der Waals surface area (Å²) in [7, 11) is 3.40. The third kappa shape index (κ3) is 3.74. The molecule has 0 saturated carbocycles. The molecule has 0 aliphatic heterocycles. The fourth-order valence-corrected chi connectivity index (χ4v) is 2.08. The van der Waals surface area contributed by atoms with Gasteiger partial charge < -0.3 is 15.4 Å². The van der Waals surface area contributed by atoms with Crippen LogP contribution in [0.2, 0.25) is 0 Å². The molecule has 0 bridgehead atoms. The van der Waals surface area contributed by atoms with Crippen LogP contribution in [0.1, 0.15) is 29.8 Å². The molecule has 0 fully saturated rings. The van der Waals surface area contributed by atoms with Crippen LogP contribution in [0, 0.1) is 5.92 Å². The molecule has 0 spiro atoms. The minimum atomic E-state index is -0.374. The third-order valence-corrected chi connectivity index (χ3v) is 2.69. The Morgan fingerprint density at radius 2 is 2.11 bits per heavy atom. The maximum Gasteiger partial charge on any atom is 0.340 e. The van der Waals surface area contributed by atoms with Gasteiger partial charge in [0.25, 0.3) is 0 Å². The summed E-state index contributed by atoms with van der Waals surface area (Å²) in [6.07, 6.45) is 0. The summed E-state index contributed by atoms with van der Waals surface area (Å²) in [5, 5.41) is 0. The quantitative estimate of drug-likeness (QED) is 0.642. The van der Waals surface area contributed by atoms with Crippen molar-refractivity contribution in [1.82, 2.24) is 4.90 Å². The first-order chi connectivity index (χ1) is 8.45. The molecular formula is C14H22N2O2. The van der Waals surface area contributed by atoms with Crippen LogP contribution in [-0.2, 0) is 11.3 Å². The lowest BCUT2D eigenvalue weighted by Gasteiger charge is -2.20. The number of esters is 1. The molecule has 4 heteroatoms. The van der Waals surface area contributed by atoms with E-state index in [0.717, 1.165) is 12.1 Å². The third-order valence-electron chi connectivity index (χ3n) is 2.69. The Morgan fingerprint density at radius 1 is 1.44 bits per heavy atom. The van der Waals surface area contributed by atoms with Crippen molar-refractivity contribution in [3.63, 3.8) is 0 Å². The number of rotatable bonds is 5. The average molecular weight is 250 g/mol. The Bertz CT molecular complexity index is 416. The van der Waals surface area contributed by atoms with E-state index in [9.17, 15) is 4.79 Å². The number of hydrogen-bond donors (Lipinski definition) is 1. The van der Waals surface area contributed by atoms with Crippen LogP contribution in [0.5, 0.6) is 0 Å². The minimum Gasteiger partial charge on any atom is -0.465 e. The van der Waals surface area contributed by atoms with Crippen LogP contribution in [0.3, 0.4) is 0 Å². The summed E-state index contributed by atoms with van der Waals surface area (Å²) < 4.78 is 4.78. The molecule has 0 atom stereocenters. The number of hydrogen-bond acceptors (Lipinski definition) is 4. The molecule has 0 aromatic heterocycles. The summed E-state index contributed by atoms with van der Waals surface area (Å²) in [6, 6.07) is 5.50. The molecule has 100 valence electrons. The van der Waals surface area contributed by atoms with E-state index in [2.05, 4.69) is 18.7 Å². The second kappa shape index (κ2) is 6.40. The summed E-state index contributed by atoms with van der Waals surface area (Å²) in [5.41, 5.74) is 7.71. The largest absolute Gasteiger partial charge is 0.465 e. The number of methoxy groups -OCH3 is 1. The monoisotopic (exact) mass is 250 g/mol. The van der Waals surface area contributed by atoms with Gasteiger partial charge in [-0.25, -0.2) is 4.79 Å². The van der Waals surface area contributed by atoms with Gasteiger partial charge >= 0.3 is 5.97 Å². The van der Waals surface area contributed by atoms with E-state index in [0.29, 0.717) is 23.7 Å². The number of anilines is 1. The highest BCUT2D eigenvalue weighted by Gasteiger charge is 2.16. The van der Waals surface area contributed by atoms with E-state index < -0.39 is 0 Å². The Kier molecular flexibility index (Phi) is 5.16. The second-order valence-corrected chi connectivity index (χ2v) is 4.96. The Labute approximate surface area is 109 Å². The van der Waals surface area contributed by atoms with Crippen LogP contribution >= 0.6 is 0 Å². The van der Waals surface area contributed by atoms with Crippen molar-refractivity contribution in [2.45, 2.75) is 20.4 Å². The first kappa shape index (κ1) is 14.5. The van der Waals surface area contributed by atoms with E-state index in [1.807, 2.05) is 19.2 Å². The first-order valence-corrected chi connectivity index (χ1v) is 6.10. The Balaban J connectivity index is 2.95. The molecule has 0 unspecified atom stereocenters. The molecule has 0 amide bonds. The molecule has 18 heavy (non-hydrogen) atoms. The van der Waals surface area contributed by atoms with Gasteiger partial charge in [0.1, 0.15) is 0 Å². The van der Waals surface area contributed by atoms with Crippen LogP contribution in [0.4, 0.5) is 5.69 Å². The molecule has 2 N–H and O–H groups in total. The van der Waals surface area contributed by atoms with Crippen molar-refractivity contribution < 1.29 is 9.53 Å².